The fourth-order valence-electron chi connectivity index (χ4n) is 12.7. The summed E-state index contributed by atoms with van der Waals surface area (Å²) < 4.78 is 2.55. The summed E-state index contributed by atoms with van der Waals surface area (Å²) in [4.78, 5) is 0. The van der Waals surface area contributed by atoms with Crippen LogP contribution in [0.25, 0.3) is 32.7 Å². The van der Waals surface area contributed by atoms with Gasteiger partial charge in [0.2, 0.25) is 0 Å². The predicted octanol–water partition coefficient (Wildman–Crippen LogP) is 22.5. The minimum Gasteiger partial charge on any atom is -0.320 e. The molecule has 4 aromatic carbocycles. The highest BCUT2D eigenvalue weighted by Gasteiger charge is 2.32. The van der Waals surface area contributed by atoms with E-state index >= 15 is 0 Å². The Hall–Kier alpha value is -2.68. The second-order valence-electron chi connectivity index (χ2n) is 23.6. The lowest BCUT2D eigenvalue weighted by molar-refractivity contribution is -0.941. The molecular weight excluding hydrogens is 869 g/mol. The zero-order chi connectivity index (χ0) is 51.2. The first-order valence-corrected chi connectivity index (χ1v) is 32.2. The molecule has 0 heterocycles. The summed E-state index contributed by atoms with van der Waals surface area (Å²) in [5, 5.41) is 5.77. The monoisotopic (exact) mass is 987 g/mol. The van der Waals surface area contributed by atoms with E-state index in [1.807, 2.05) is 0 Å². The summed E-state index contributed by atoms with van der Waals surface area (Å²) >= 11 is 0. The largest absolute Gasteiger partial charge is 0.320 e. The zero-order valence-electron chi connectivity index (χ0n) is 48.9. The Labute approximate surface area is 448 Å². The molecule has 0 unspecified atom stereocenters. The van der Waals surface area contributed by atoms with Gasteiger partial charge in [-0.25, -0.2) is 0 Å². The molecular formula is C70H118N2+2. The van der Waals surface area contributed by atoms with Crippen LogP contribution < -0.4 is 0 Å². The van der Waals surface area contributed by atoms with Crippen molar-refractivity contribution in [3.63, 3.8) is 0 Å². The van der Waals surface area contributed by atoms with Gasteiger partial charge in [-0.05, 0) is 110 Å². The molecule has 0 spiro atoms. The second-order valence-corrected chi connectivity index (χ2v) is 23.6. The highest BCUT2D eigenvalue weighted by molar-refractivity contribution is 6.07. The maximum absolute atomic E-state index is 2.64. The maximum Gasteiger partial charge on any atom is 0.105 e. The lowest BCUT2D eigenvalue weighted by Gasteiger charge is -2.41. The van der Waals surface area contributed by atoms with Crippen molar-refractivity contribution in [2.45, 2.75) is 286 Å². The van der Waals surface area contributed by atoms with Crippen LogP contribution in [0.5, 0.6) is 0 Å². The van der Waals surface area contributed by atoms with Crippen molar-refractivity contribution in [3.8, 4) is 11.1 Å². The molecule has 406 valence electrons. The Bertz CT molecular complexity index is 1700. The first kappa shape index (κ1) is 61.9. The Balaban J connectivity index is 1.91. The SMILES string of the molecule is CCCCCCCC[N+](CCCCCCCC)(CCCCCCCC)Cc1ccc2ccccc2c1-c1c(C[N+](CCCCCCCC)(CCCCCCCC)CCCCCCCC)ccc2ccccc12. The van der Waals surface area contributed by atoms with Crippen molar-refractivity contribution in [3.05, 3.63) is 83.9 Å². The minimum absolute atomic E-state index is 1.16. The highest BCUT2D eigenvalue weighted by Crippen LogP contribution is 2.42. The van der Waals surface area contributed by atoms with Gasteiger partial charge in [-0.2, -0.15) is 0 Å². The molecule has 0 atom stereocenters. The van der Waals surface area contributed by atoms with Crippen LogP contribution in [0.1, 0.15) is 284 Å². The van der Waals surface area contributed by atoms with Gasteiger partial charge in [0.25, 0.3) is 0 Å². The molecule has 0 aliphatic rings. The number of unbranched alkanes of at least 4 members (excludes halogenated alkanes) is 30. The molecule has 0 bridgehead atoms. The summed E-state index contributed by atoms with van der Waals surface area (Å²) in [5.74, 6) is 0. The van der Waals surface area contributed by atoms with E-state index in [2.05, 4.69) is 114 Å². The van der Waals surface area contributed by atoms with Crippen LogP contribution >= 0.6 is 0 Å². The van der Waals surface area contributed by atoms with Crippen molar-refractivity contribution < 1.29 is 8.97 Å². The highest BCUT2D eigenvalue weighted by atomic mass is 15.4. The van der Waals surface area contributed by atoms with Crippen molar-refractivity contribution in [1.29, 1.82) is 0 Å². The predicted molar refractivity (Wildman–Crippen MR) is 324 cm³/mol. The molecule has 2 heteroatoms. The quantitative estimate of drug-likeness (QED) is 0.0306. The van der Waals surface area contributed by atoms with Crippen molar-refractivity contribution in [2.24, 2.45) is 0 Å². The smallest absolute Gasteiger partial charge is 0.105 e. The van der Waals surface area contributed by atoms with Crippen LogP contribution in [0.2, 0.25) is 0 Å². The van der Waals surface area contributed by atoms with E-state index in [0.29, 0.717) is 0 Å². The Morgan fingerprint density at radius 1 is 0.236 bits per heavy atom. The lowest BCUT2D eigenvalue weighted by atomic mass is 9.86. The van der Waals surface area contributed by atoms with Gasteiger partial charge in [-0.3, -0.25) is 0 Å². The molecule has 0 aliphatic heterocycles. The molecule has 0 amide bonds. The van der Waals surface area contributed by atoms with Gasteiger partial charge in [-0.15, -0.1) is 0 Å². The van der Waals surface area contributed by atoms with Gasteiger partial charge >= 0.3 is 0 Å². The van der Waals surface area contributed by atoms with Gasteiger partial charge in [-0.1, -0.05) is 268 Å². The number of fused-ring (bicyclic) bond motifs is 2. The van der Waals surface area contributed by atoms with Crippen LogP contribution in [0, 0.1) is 0 Å². The molecule has 0 fully saturated rings. The third-order valence-corrected chi connectivity index (χ3v) is 17.2. The molecule has 2 nitrogen and oxygen atoms in total. The average molecular weight is 988 g/mol. The van der Waals surface area contributed by atoms with Gasteiger partial charge in [0.05, 0.1) is 39.3 Å². The molecule has 0 N–H and O–H groups in total. The van der Waals surface area contributed by atoms with Crippen LogP contribution in [0.15, 0.2) is 72.8 Å². The van der Waals surface area contributed by atoms with Crippen molar-refractivity contribution in [1.82, 2.24) is 0 Å². The number of hydrogen-bond donors (Lipinski definition) is 0. The van der Waals surface area contributed by atoms with E-state index < -0.39 is 0 Å². The maximum atomic E-state index is 2.64. The van der Waals surface area contributed by atoms with E-state index in [1.54, 1.807) is 22.3 Å². The zero-order valence-corrected chi connectivity index (χ0v) is 48.9. The van der Waals surface area contributed by atoms with Crippen LogP contribution in [-0.4, -0.2) is 48.2 Å². The Morgan fingerprint density at radius 2 is 0.458 bits per heavy atom. The summed E-state index contributed by atoms with van der Waals surface area (Å²) in [7, 11) is 0. The summed E-state index contributed by atoms with van der Waals surface area (Å²) in [5.41, 5.74) is 6.39. The third-order valence-electron chi connectivity index (χ3n) is 17.2. The number of benzene rings is 4. The van der Waals surface area contributed by atoms with Gasteiger partial charge in [0, 0.05) is 11.1 Å². The molecule has 4 aromatic rings. The number of quaternary nitrogens is 2. The molecule has 0 radical (unpaired) electrons. The number of rotatable bonds is 47. The van der Waals surface area contributed by atoms with E-state index in [0.717, 1.165) is 13.1 Å². The Kier molecular flexibility index (Phi) is 33.3. The minimum atomic E-state index is 1.16. The third kappa shape index (κ3) is 23.1. The first-order chi connectivity index (χ1) is 35.5. The molecule has 4 rings (SSSR count). The molecule has 0 saturated heterocycles. The van der Waals surface area contributed by atoms with E-state index in [9.17, 15) is 0 Å². The first-order valence-electron chi connectivity index (χ1n) is 32.2. The topological polar surface area (TPSA) is 0 Å². The molecule has 0 aliphatic carbocycles. The normalized spacial score (nSPS) is 12.2. The molecule has 72 heavy (non-hydrogen) atoms. The van der Waals surface area contributed by atoms with E-state index in [-0.39, 0.29) is 0 Å². The number of hydrogen-bond acceptors (Lipinski definition) is 0. The lowest BCUT2D eigenvalue weighted by Crippen LogP contribution is -2.50. The molecule has 0 saturated carbocycles. The van der Waals surface area contributed by atoms with Crippen LogP contribution in [-0.2, 0) is 13.1 Å². The number of nitrogens with zero attached hydrogens (tertiary/aromatic N) is 2. The Morgan fingerprint density at radius 3 is 0.708 bits per heavy atom. The summed E-state index contributed by atoms with van der Waals surface area (Å²) in [6.45, 7) is 24.5. The second kappa shape index (κ2) is 38.8. The summed E-state index contributed by atoms with van der Waals surface area (Å²) in [6, 6.07) is 29.4. The van der Waals surface area contributed by atoms with Gasteiger partial charge < -0.3 is 8.97 Å². The van der Waals surface area contributed by atoms with Gasteiger partial charge in [0.1, 0.15) is 13.1 Å². The van der Waals surface area contributed by atoms with E-state index in [4.69, 9.17) is 0 Å². The van der Waals surface area contributed by atoms with Gasteiger partial charge in [0.15, 0.2) is 0 Å². The average Bonchev–Trinajstić information content (AvgIpc) is 3.40. The molecule has 0 aromatic heterocycles. The fraction of sp³-hybridized carbons (Fsp3) is 0.714. The van der Waals surface area contributed by atoms with Crippen LogP contribution in [0.3, 0.4) is 0 Å². The standard InChI is InChI=1S/C70H118N2/c1-7-13-19-25-31-41-55-71(56-42-32-26-20-14-8-2,57-43-33-27-21-15-9-3)61-65-53-51-63-47-37-39-49-67(63)69(65)70-66(54-52-64-48-38-40-50-68(64)70)62-72(58-44-34-28-22-16-10-4,59-45-35-29-23-17-11-5)60-46-36-30-24-18-12-6/h37-40,47-54H,7-36,41-46,55-62H2,1-6H3/q+2. The van der Waals surface area contributed by atoms with Crippen molar-refractivity contribution >= 4 is 21.5 Å². The van der Waals surface area contributed by atoms with Crippen LogP contribution in [0.4, 0.5) is 0 Å². The van der Waals surface area contributed by atoms with Crippen molar-refractivity contribution in [2.75, 3.05) is 39.3 Å². The van der Waals surface area contributed by atoms with E-state index in [1.165, 1.54) is 301 Å². The summed E-state index contributed by atoms with van der Waals surface area (Å²) in [6.07, 6.45) is 49.7. The fourth-order valence-corrected chi connectivity index (χ4v) is 12.7.